The number of nitro groups is 1. The molecule has 1 aliphatic heterocycles. The number of ether oxygens (including phenoxy) is 2. The van der Waals surface area contributed by atoms with Crippen LogP contribution in [0.5, 0.6) is 11.5 Å². The second-order valence-corrected chi connectivity index (χ2v) is 6.60. The summed E-state index contributed by atoms with van der Waals surface area (Å²) < 4.78 is 11.4. The second-order valence-electron chi connectivity index (χ2n) is 6.60. The summed E-state index contributed by atoms with van der Waals surface area (Å²) in [5.41, 5.74) is 3.03. The normalized spacial score (nSPS) is 13.0. The molecular formula is C21H24N2O5. The third-order valence-corrected chi connectivity index (χ3v) is 4.73. The standard InChI is InChI=1S/C21H24N2O5/c1-3-27-19-12-16-9-10-22(14-17(16)13-20(19)28-4-2)21(24)11-15-5-7-18(8-6-15)23(25)26/h5-8,12-13H,3-4,9-11,14H2,1-2H3. The number of hydrogen-bond acceptors (Lipinski definition) is 5. The van der Waals surface area contributed by atoms with Gasteiger partial charge in [0.1, 0.15) is 0 Å². The van der Waals surface area contributed by atoms with Crippen molar-refractivity contribution in [1.82, 2.24) is 4.90 Å². The molecule has 1 amide bonds. The van der Waals surface area contributed by atoms with E-state index in [9.17, 15) is 14.9 Å². The van der Waals surface area contributed by atoms with Gasteiger partial charge in [-0.2, -0.15) is 0 Å². The van der Waals surface area contributed by atoms with Gasteiger partial charge in [-0.25, -0.2) is 0 Å². The molecule has 1 aliphatic rings. The summed E-state index contributed by atoms with van der Waals surface area (Å²) in [6, 6.07) is 10.1. The summed E-state index contributed by atoms with van der Waals surface area (Å²) in [6.45, 7) is 6.13. The van der Waals surface area contributed by atoms with E-state index in [2.05, 4.69) is 0 Å². The Morgan fingerprint density at radius 2 is 1.68 bits per heavy atom. The van der Waals surface area contributed by atoms with Gasteiger partial charge in [-0.15, -0.1) is 0 Å². The number of nitro benzene ring substituents is 1. The van der Waals surface area contributed by atoms with Crippen molar-refractivity contribution in [2.24, 2.45) is 0 Å². The van der Waals surface area contributed by atoms with Crippen molar-refractivity contribution >= 4 is 11.6 Å². The Balaban J connectivity index is 1.72. The molecule has 0 bridgehead atoms. The third-order valence-electron chi connectivity index (χ3n) is 4.73. The predicted octanol–water partition coefficient (Wildman–Crippen LogP) is 3.52. The van der Waals surface area contributed by atoms with Gasteiger partial charge >= 0.3 is 0 Å². The number of amides is 1. The van der Waals surface area contributed by atoms with Crippen molar-refractivity contribution < 1.29 is 19.2 Å². The van der Waals surface area contributed by atoms with E-state index in [4.69, 9.17) is 9.47 Å². The van der Waals surface area contributed by atoms with Gasteiger partial charge in [0, 0.05) is 25.2 Å². The number of rotatable bonds is 7. The molecule has 7 heteroatoms. The van der Waals surface area contributed by atoms with Crippen LogP contribution in [0.2, 0.25) is 0 Å². The van der Waals surface area contributed by atoms with Crippen molar-refractivity contribution in [2.45, 2.75) is 33.2 Å². The van der Waals surface area contributed by atoms with Gasteiger partial charge in [-0.3, -0.25) is 14.9 Å². The molecule has 1 heterocycles. The number of nitrogens with zero attached hydrogens (tertiary/aromatic N) is 2. The Morgan fingerprint density at radius 1 is 1.07 bits per heavy atom. The Bertz CT molecular complexity index is 864. The van der Waals surface area contributed by atoms with Gasteiger partial charge in [0.25, 0.3) is 5.69 Å². The Morgan fingerprint density at radius 3 is 2.25 bits per heavy atom. The van der Waals surface area contributed by atoms with Crippen LogP contribution < -0.4 is 9.47 Å². The maximum absolute atomic E-state index is 12.7. The van der Waals surface area contributed by atoms with Gasteiger partial charge in [0.05, 0.1) is 24.6 Å². The number of carbonyl (C=O) groups excluding carboxylic acids is 1. The van der Waals surface area contributed by atoms with Crippen LogP contribution in [0, 0.1) is 10.1 Å². The molecule has 0 aromatic heterocycles. The maximum Gasteiger partial charge on any atom is 0.269 e. The monoisotopic (exact) mass is 384 g/mol. The maximum atomic E-state index is 12.7. The molecular weight excluding hydrogens is 360 g/mol. The van der Waals surface area contributed by atoms with E-state index in [1.165, 1.54) is 17.7 Å². The molecule has 0 fully saturated rings. The SMILES string of the molecule is CCOc1cc2c(cc1OCC)CN(C(=O)Cc1ccc([N+](=O)[O-])cc1)CC2. The summed E-state index contributed by atoms with van der Waals surface area (Å²) in [6.07, 6.45) is 0.983. The summed E-state index contributed by atoms with van der Waals surface area (Å²) in [4.78, 5) is 24.8. The zero-order chi connectivity index (χ0) is 20.1. The molecule has 28 heavy (non-hydrogen) atoms. The lowest BCUT2D eigenvalue weighted by molar-refractivity contribution is -0.384. The second kappa shape index (κ2) is 8.73. The van der Waals surface area contributed by atoms with Crippen LogP contribution in [0.3, 0.4) is 0 Å². The first-order chi connectivity index (χ1) is 13.5. The third kappa shape index (κ3) is 4.42. The predicted molar refractivity (Wildman–Crippen MR) is 105 cm³/mol. The summed E-state index contributed by atoms with van der Waals surface area (Å²) in [5.74, 6) is 1.45. The molecule has 0 unspecified atom stereocenters. The lowest BCUT2D eigenvalue weighted by Gasteiger charge is -2.30. The molecule has 0 saturated heterocycles. The van der Waals surface area contributed by atoms with Crippen LogP contribution in [-0.4, -0.2) is 35.5 Å². The minimum absolute atomic E-state index is 0.00588. The number of fused-ring (bicyclic) bond motifs is 1. The Hall–Kier alpha value is -3.09. The topological polar surface area (TPSA) is 81.9 Å². The smallest absolute Gasteiger partial charge is 0.269 e. The molecule has 0 N–H and O–H groups in total. The number of non-ortho nitro benzene ring substituents is 1. The van der Waals surface area contributed by atoms with E-state index < -0.39 is 4.92 Å². The number of hydrogen-bond donors (Lipinski definition) is 0. The van der Waals surface area contributed by atoms with Gasteiger partial charge in [-0.05, 0) is 49.1 Å². The van der Waals surface area contributed by atoms with E-state index >= 15 is 0 Å². The number of carbonyl (C=O) groups is 1. The first-order valence-corrected chi connectivity index (χ1v) is 9.44. The first kappa shape index (κ1) is 19.7. The summed E-state index contributed by atoms with van der Waals surface area (Å²) >= 11 is 0. The molecule has 0 atom stereocenters. The average molecular weight is 384 g/mol. The van der Waals surface area contributed by atoms with E-state index in [0.29, 0.717) is 32.1 Å². The molecule has 0 spiro atoms. The molecule has 148 valence electrons. The quantitative estimate of drug-likeness (QED) is 0.539. The Kier molecular flexibility index (Phi) is 6.13. The number of benzene rings is 2. The van der Waals surface area contributed by atoms with Crippen molar-refractivity contribution in [3.8, 4) is 11.5 Å². The highest BCUT2D eigenvalue weighted by atomic mass is 16.6. The molecule has 3 rings (SSSR count). The molecule has 0 aliphatic carbocycles. The summed E-state index contributed by atoms with van der Waals surface area (Å²) in [5, 5.41) is 10.7. The van der Waals surface area contributed by atoms with E-state index in [0.717, 1.165) is 23.3 Å². The highest BCUT2D eigenvalue weighted by molar-refractivity contribution is 5.79. The first-order valence-electron chi connectivity index (χ1n) is 9.44. The highest BCUT2D eigenvalue weighted by Gasteiger charge is 2.23. The minimum atomic E-state index is -0.445. The van der Waals surface area contributed by atoms with Crippen LogP contribution >= 0.6 is 0 Å². The van der Waals surface area contributed by atoms with Crippen LogP contribution in [-0.2, 0) is 24.2 Å². The van der Waals surface area contributed by atoms with Crippen molar-refractivity contribution in [1.29, 1.82) is 0 Å². The molecule has 2 aromatic rings. The van der Waals surface area contributed by atoms with Gasteiger partial charge in [0.2, 0.25) is 5.91 Å². The molecule has 7 nitrogen and oxygen atoms in total. The molecule has 2 aromatic carbocycles. The minimum Gasteiger partial charge on any atom is -0.490 e. The van der Waals surface area contributed by atoms with Crippen LogP contribution in [0.15, 0.2) is 36.4 Å². The molecule has 0 saturated carbocycles. The lowest BCUT2D eigenvalue weighted by atomic mass is 9.98. The van der Waals surface area contributed by atoms with Crippen molar-refractivity contribution in [3.63, 3.8) is 0 Å². The highest BCUT2D eigenvalue weighted by Crippen LogP contribution is 2.34. The fourth-order valence-electron chi connectivity index (χ4n) is 3.34. The van der Waals surface area contributed by atoms with E-state index in [-0.39, 0.29) is 18.0 Å². The van der Waals surface area contributed by atoms with Crippen LogP contribution in [0.1, 0.15) is 30.5 Å². The van der Waals surface area contributed by atoms with E-state index in [1.54, 1.807) is 12.1 Å². The van der Waals surface area contributed by atoms with Gasteiger partial charge in [-0.1, -0.05) is 12.1 Å². The lowest BCUT2D eigenvalue weighted by Crippen LogP contribution is -2.37. The fraction of sp³-hybridized carbons (Fsp3) is 0.381. The Labute approximate surface area is 164 Å². The molecule has 0 radical (unpaired) electrons. The van der Waals surface area contributed by atoms with Crippen molar-refractivity contribution in [2.75, 3.05) is 19.8 Å². The van der Waals surface area contributed by atoms with Crippen LogP contribution in [0.25, 0.3) is 0 Å². The fourth-order valence-corrected chi connectivity index (χ4v) is 3.34. The van der Waals surface area contributed by atoms with Crippen molar-refractivity contribution in [3.05, 3.63) is 63.2 Å². The van der Waals surface area contributed by atoms with E-state index in [1.807, 2.05) is 30.9 Å². The zero-order valence-electron chi connectivity index (χ0n) is 16.1. The summed E-state index contributed by atoms with van der Waals surface area (Å²) in [7, 11) is 0. The average Bonchev–Trinajstić information content (AvgIpc) is 2.69. The van der Waals surface area contributed by atoms with Gasteiger partial charge in [0.15, 0.2) is 11.5 Å². The largest absolute Gasteiger partial charge is 0.490 e. The zero-order valence-corrected chi connectivity index (χ0v) is 16.1. The van der Waals surface area contributed by atoms with Crippen LogP contribution in [0.4, 0.5) is 5.69 Å². The van der Waals surface area contributed by atoms with Gasteiger partial charge < -0.3 is 14.4 Å².